The van der Waals surface area contributed by atoms with E-state index in [1.54, 1.807) is 0 Å². The lowest BCUT2D eigenvalue weighted by Crippen LogP contribution is -2.25. The fourth-order valence-corrected chi connectivity index (χ4v) is 2.67. The van der Waals surface area contributed by atoms with Crippen LogP contribution in [0.3, 0.4) is 0 Å². The van der Waals surface area contributed by atoms with Crippen LogP contribution in [0.5, 0.6) is 5.75 Å². The molecule has 0 aromatic heterocycles. The van der Waals surface area contributed by atoms with Crippen molar-refractivity contribution in [2.75, 3.05) is 13.2 Å². The van der Waals surface area contributed by atoms with Crippen molar-refractivity contribution in [3.8, 4) is 5.75 Å². The highest BCUT2D eigenvalue weighted by Crippen LogP contribution is 2.13. The van der Waals surface area contributed by atoms with Gasteiger partial charge in [-0.2, -0.15) is 0 Å². The third kappa shape index (κ3) is 7.42. The third-order valence-corrected chi connectivity index (χ3v) is 4.18. The Balaban J connectivity index is 1.67. The molecule has 3 nitrogen and oxygen atoms in total. The van der Waals surface area contributed by atoms with Crippen molar-refractivity contribution in [1.82, 2.24) is 5.32 Å². The van der Waals surface area contributed by atoms with Gasteiger partial charge in [-0.05, 0) is 42.7 Å². The second-order valence-electron chi connectivity index (χ2n) is 6.28. The molecular weight excluding hydrogens is 310 g/mol. The van der Waals surface area contributed by atoms with Crippen molar-refractivity contribution >= 4 is 5.91 Å². The molecule has 2 aromatic rings. The van der Waals surface area contributed by atoms with Crippen LogP contribution >= 0.6 is 0 Å². The lowest BCUT2D eigenvalue weighted by molar-refractivity contribution is 0.0954. The Morgan fingerprint density at radius 1 is 0.920 bits per heavy atom. The molecule has 0 heterocycles. The first-order valence-electron chi connectivity index (χ1n) is 9.34. The molecule has 0 unspecified atom stereocenters. The fraction of sp³-hybridized carbons (Fsp3) is 0.409. The van der Waals surface area contributed by atoms with Crippen LogP contribution in [0.2, 0.25) is 0 Å². The van der Waals surface area contributed by atoms with Crippen molar-refractivity contribution < 1.29 is 9.53 Å². The summed E-state index contributed by atoms with van der Waals surface area (Å²) in [6.07, 6.45) is 6.98. The standard InChI is InChI=1S/C22H29NO2/c1-2-3-4-5-9-18-25-21-14-12-20(13-15-21)22(24)23-17-16-19-10-7-6-8-11-19/h6-8,10-15H,2-5,9,16-18H2,1H3,(H,23,24). The number of carbonyl (C=O) groups is 1. The highest BCUT2D eigenvalue weighted by atomic mass is 16.5. The van der Waals surface area contributed by atoms with Crippen LogP contribution in [0.1, 0.15) is 54.9 Å². The largest absolute Gasteiger partial charge is 0.494 e. The minimum Gasteiger partial charge on any atom is -0.494 e. The number of rotatable bonds is 11. The van der Waals surface area contributed by atoms with E-state index in [1.165, 1.54) is 31.2 Å². The number of benzene rings is 2. The maximum absolute atomic E-state index is 12.2. The molecule has 0 saturated carbocycles. The Labute approximate surface area is 151 Å². The molecule has 2 rings (SSSR count). The first kappa shape index (κ1) is 19.0. The molecule has 1 amide bonds. The lowest BCUT2D eigenvalue weighted by atomic mass is 10.1. The number of ether oxygens (including phenoxy) is 1. The van der Waals surface area contributed by atoms with Gasteiger partial charge in [-0.1, -0.05) is 62.9 Å². The highest BCUT2D eigenvalue weighted by Gasteiger charge is 2.05. The van der Waals surface area contributed by atoms with Crippen LogP contribution in [-0.4, -0.2) is 19.1 Å². The number of unbranched alkanes of at least 4 members (excludes halogenated alkanes) is 4. The van der Waals surface area contributed by atoms with Gasteiger partial charge in [0.05, 0.1) is 6.61 Å². The van der Waals surface area contributed by atoms with E-state index in [1.807, 2.05) is 42.5 Å². The zero-order valence-corrected chi connectivity index (χ0v) is 15.2. The van der Waals surface area contributed by atoms with E-state index in [-0.39, 0.29) is 5.91 Å². The SMILES string of the molecule is CCCCCCCOc1ccc(C(=O)NCCc2ccccc2)cc1. The molecule has 0 aliphatic rings. The Morgan fingerprint density at radius 3 is 2.36 bits per heavy atom. The van der Waals surface area contributed by atoms with Crippen molar-refractivity contribution in [3.05, 3.63) is 65.7 Å². The van der Waals surface area contributed by atoms with E-state index in [0.717, 1.165) is 25.2 Å². The molecule has 2 aromatic carbocycles. The molecule has 0 bridgehead atoms. The average Bonchev–Trinajstić information content (AvgIpc) is 2.66. The van der Waals surface area contributed by atoms with Gasteiger partial charge in [0.1, 0.15) is 5.75 Å². The van der Waals surface area contributed by atoms with Gasteiger partial charge in [-0.15, -0.1) is 0 Å². The minimum absolute atomic E-state index is 0.0398. The van der Waals surface area contributed by atoms with Gasteiger partial charge in [0.15, 0.2) is 0 Å². The predicted molar refractivity (Wildman–Crippen MR) is 103 cm³/mol. The zero-order valence-electron chi connectivity index (χ0n) is 15.2. The fourth-order valence-electron chi connectivity index (χ4n) is 2.67. The maximum Gasteiger partial charge on any atom is 0.251 e. The highest BCUT2D eigenvalue weighted by molar-refractivity contribution is 5.94. The summed E-state index contributed by atoms with van der Waals surface area (Å²) >= 11 is 0. The topological polar surface area (TPSA) is 38.3 Å². The second-order valence-corrected chi connectivity index (χ2v) is 6.28. The number of amides is 1. The second kappa shape index (κ2) is 11.3. The summed E-state index contributed by atoms with van der Waals surface area (Å²) in [5.74, 6) is 0.790. The Hall–Kier alpha value is -2.29. The predicted octanol–water partition coefficient (Wildman–Crippen LogP) is 5.01. The van der Waals surface area contributed by atoms with Gasteiger partial charge >= 0.3 is 0 Å². The molecule has 0 aliphatic carbocycles. The van der Waals surface area contributed by atoms with Crippen molar-refractivity contribution in [1.29, 1.82) is 0 Å². The van der Waals surface area contributed by atoms with E-state index in [0.29, 0.717) is 12.1 Å². The van der Waals surface area contributed by atoms with E-state index in [4.69, 9.17) is 4.74 Å². The Bertz CT molecular complexity index is 608. The van der Waals surface area contributed by atoms with Crippen LogP contribution in [0.25, 0.3) is 0 Å². The molecule has 25 heavy (non-hydrogen) atoms. The molecule has 0 aliphatic heterocycles. The van der Waals surface area contributed by atoms with Gasteiger partial charge in [-0.3, -0.25) is 4.79 Å². The molecule has 0 spiro atoms. The number of hydrogen-bond donors (Lipinski definition) is 1. The molecule has 0 atom stereocenters. The first-order chi connectivity index (χ1) is 12.3. The zero-order chi connectivity index (χ0) is 17.7. The normalized spacial score (nSPS) is 10.4. The molecule has 3 heteroatoms. The van der Waals surface area contributed by atoms with Gasteiger partial charge in [0.2, 0.25) is 0 Å². The molecule has 1 N–H and O–H groups in total. The molecule has 0 saturated heterocycles. The lowest BCUT2D eigenvalue weighted by Gasteiger charge is -2.08. The Morgan fingerprint density at radius 2 is 1.64 bits per heavy atom. The molecular formula is C22H29NO2. The smallest absolute Gasteiger partial charge is 0.251 e. The van der Waals surface area contributed by atoms with E-state index < -0.39 is 0 Å². The quantitative estimate of drug-likeness (QED) is 0.585. The van der Waals surface area contributed by atoms with E-state index in [9.17, 15) is 4.79 Å². The summed E-state index contributed by atoms with van der Waals surface area (Å²) in [7, 11) is 0. The van der Waals surface area contributed by atoms with Gasteiger partial charge in [0, 0.05) is 12.1 Å². The van der Waals surface area contributed by atoms with Gasteiger partial charge in [-0.25, -0.2) is 0 Å². The summed E-state index contributed by atoms with van der Waals surface area (Å²) in [6, 6.07) is 17.6. The molecule has 134 valence electrons. The van der Waals surface area contributed by atoms with Crippen molar-refractivity contribution in [2.24, 2.45) is 0 Å². The van der Waals surface area contributed by atoms with Crippen molar-refractivity contribution in [3.63, 3.8) is 0 Å². The summed E-state index contributed by atoms with van der Waals surface area (Å²) in [6.45, 7) is 3.60. The summed E-state index contributed by atoms with van der Waals surface area (Å²) in [5.41, 5.74) is 1.90. The summed E-state index contributed by atoms with van der Waals surface area (Å²) in [5, 5.41) is 2.96. The number of carbonyl (C=O) groups excluding carboxylic acids is 1. The van der Waals surface area contributed by atoms with Crippen molar-refractivity contribution in [2.45, 2.75) is 45.4 Å². The van der Waals surface area contributed by atoms with Gasteiger partial charge < -0.3 is 10.1 Å². The third-order valence-electron chi connectivity index (χ3n) is 4.18. The minimum atomic E-state index is -0.0398. The molecule has 0 fully saturated rings. The van der Waals surface area contributed by atoms with Crippen LogP contribution in [0.15, 0.2) is 54.6 Å². The van der Waals surface area contributed by atoms with E-state index in [2.05, 4.69) is 24.4 Å². The van der Waals surface area contributed by atoms with Crippen LogP contribution < -0.4 is 10.1 Å². The molecule has 0 radical (unpaired) electrons. The number of nitrogens with one attached hydrogen (secondary N) is 1. The van der Waals surface area contributed by atoms with E-state index >= 15 is 0 Å². The maximum atomic E-state index is 12.2. The van der Waals surface area contributed by atoms with Crippen LogP contribution in [0, 0.1) is 0 Å². The summed E-state index contributed by atoms with van der Waals surface area (Å²) in [4.78, 5) is 12.2. The summed E-state index contributed by atoms with van der Waals surface area (Å²) < 4.78 is 5.73. The monoisotopic (exact) mass is 339 g/mol. The Kier molecular flexibility index (Phi) is 8.60. The average molecular weight is 339 g/mol. The number of hydrogen-bond acceptors (Lipinski definition) is 2. The van der Waals surface area contributed by atoms with Crippen LogP contribution in [0.4, 0.5) is 0 Å². The first-order valence-corrected chi connectivity index (χ1v) is 9.34. The van der Waals surface area contributed by atoms with Crippen LogP contribution in [-0.2, 0) is 6.42 Å². The van der Waals surface area contributed by atoms with Gasteiger partial charge in [0.25, 0.3) is 5.91 Å².